The first-order chi connectivity index (χ1) is 15.9. The molecule has 0 bridgehead atoms. The Morgan fingerprint density at radius 2 is 1.85 bits per heavy atom. The molecule has 0 saturated carbocycles. The summed E-state index contributed by atoms with van der Waals surface area (Å²) in [5.74, 6) is -1.18. The van der Waals surface area contributed by atoms with Crippen molar-refractivity contribution in [3.63, 3.8) is 0 Å². The summed E-state index contributed by atoms with van der Waals surface area (Å²) in [5.41, 5.74) is 2.36. The molecule has 1 aliphatic rings. The van der Waals surface area contributed by atoms with Crippen molar-refractivity contribution in [2.24, 2.45) is 0 Å². The highest BCUT2D eigenvalue weighted by Crippen LogP contribution is 2.39. The SMILES string of the molecule is O=C1N[C@H](c2cc(F)ccc2Cl)c2c1ccc1cnc(-n3cc(O)c4cc(F)ccc43)nc21. The maximum Gasteiger partial charge on any atom is 0.252 e. The van der Waals surface area contributed by atoms with E-state index in [1.807, 2.05) is 0 Å². The number of aromatic nitrogens is 3. The summed E-state index contributed by atoms with van der Waals surface area (Å²) in [6.45, 7) is 0. The van der Waals surface area contributed by atoms with Crippen molar-refractivity contribution >= 4 is 39.3 Å². The van der Waals surface area contributed by atoms with Crippen LogP contribution in [0.4, 0.5) is 8.78 Å². The van der Waals surface area contributed by atoms with Crippen LogP contribution < -0.4 is 5.32 Å². The van der Waals surface area contributed by atoms with E-state index in [1.165, 1.54) is 47.2 Å². The van der Waals surface area contributed by atoms with Gasteiger partial charge in [0.1, 0.15) is 17.4 Å². The molecule has 3 aromatic carbocycles. The molecule has 1 aliphatic heterocycles. The molecular weight excluding hydrogens is 450 g/mol. The first kappa shape index (κ1) is 19.6. The molecule has 6 nitrogen and oxygen atoms in total. The topological polar surface area (TPSA) is 80.0 Å². The van der Waals surface area contributed by atoms with Crippen molar-refractivity contribution in [1.29, 1.82) is 0 Å². The first-order valence-electron chi connectivity index (χ1n) is 9.96. The molecule has 0 spiro atoms. The van der Waals surface area contributed by atoms with Crippen LogP contribution in [-0.4, -0.2) is 25.5 Å². The number of carbonyl (C=O) groups is 1. The van der Waals surface area contributed by atoms with E-state index in [0.29, 0.717) is 43.5 Å². The molecule has 6 rings (SSSR count). The number of hydrogen-bond acceptors (Lipinski definition) is 4. The van der Waals surface area contributed by atoms with Crippen molar-refractivity contribution in [2.75, 3.05) is 0 Å². The quantitative estimate of drug-likeness (QED) is 0.385. The van der Waals surface area contributed by atoms with Gasteiger partial charge in [-0.05, 0) is 42.5 Å². The number of aromatic hydroxyl groups is 1. The Kier molecular flexibility index (Phi) is 4.15. The lowest BCUT2D eigenvalue weighted by molar-refractivity contribution is 0.0960. The smallest absolute Gasteiger partial charge is 0.252 e. The van der Waals surface area contributed by atoms with Crippen molar-refractivity contribution in [3.8, 4) is 11.7 Å². The van der Waals surface area contributed by atoms with Gasteiger partial charge in [-0.25, -0.2) is 18.7 Å². The van der Waals surface area contributed by atoms with Crippen molar-refractivity contribution < 1.29 is 18.7 Å². The second kappa shape index (κ2) is 6.98. The predicted molar refractivity (Wildman–Crippen MR) is 119 cm³/mol. The highest BCUT2D eigenvalue weighted by Gasteiger charge is 2.34. The minimum atomic E-state index is -0.703. The van der Waals surface area contributed by atoms with Gasteiger partial charge in [0.25, 0.3) is 5.91 Å². The second-order valence-corrected chi connectivity index (χ2v) is 8.16. The Balaban J connectivity index is 1.60. The average Bonchev–Trinajstić information content (AvgIpc) is 3.32. The molecule has 162 valence electrons. The van der Waals surface area contributed by atoms with Crippen LogP contribution in [0.5, 0.6) is 5.75 Å². The molecule has 0 fully saturated rings. The summed E-state index contributed by atoms with van der Waals surface area (Å²) in [4.78, 5) is 21.8. The van der Waals surface area contributed by atoms with Gasteiger partial charge in [0.2, 0.25) is 5.95 Å². The molecule has 1 amide bonds. The van der Waals surface area contributed by atoms with E-state index < -0.39 is 17.7 Å². The van der Waals surface area contributed by atoms with Crippen molar-refractivity contribution in [3.05, 3.63) is 94.3 Å². The van der Waals surface area contributed by atoms with E-state index in [4.69, 9.17) is 11.6 Å². The molecule has 3 heterocycles. The zero-order valence-electron chi connectivity index (χ0n) is 16.7. The van der Waals surface area contributed by atoms with Gasteiger partial charge in [-0.15, -0.1) is 0 Å². The van der Waals surface area contributed by atoms with E-state index in [2.05, 4.69) is 15.3 Å². The normalized spacial score (nSPS) is 15.2. The van der Waals surface area contributed by atoms with Crippen LogP contribution in [0.25, 0.3) is 27.8 Å². The number of carbonyl (C=O) groups excluding carboxylic acids is 1. The minimum Gasteiger partial charge on any atom is -0.506 e. The Hall–Kier alpha value is -4.04. The molecule has 33 heavy (non-hydrogen) atoms. The van der Waals surface area contributed by atoms with Crippen LogP contribution in [0.15, 0.2) is 60.9 Å². The van der Waals surface area contributed by atoms with Crippen molar-refractivity contribution in [2.45, 2.75) is 6.04 Å². The Bertz CT molecular complexity index is 1630. The fourth-order valence-electron chi connectivity index (χ4n) is 4.32. The largest absolute Gasteiger partial charge is 0.506 e. The number of hydrogen-bond donors (Lipinski definition) is 2. The molecule has 0 radical (unpaired) electrons. The van der Waals surface area contributed by atoms with Crippen LogP contribution >= 0.6 is 11.6 Å². The number of nitrogens with one attached hydrogen (secondary N) is 1. The molecule has 9 heteroatoms. The molecular formula is C24H13ClF2N4O2. The van der Waals surface area contributed by atoms with E-state index in [9.17, 15) is 18.7 Å². The lowest BCUT2D eigenvalue weighted by Crippen LogP contribution is -2.20. The van der Waals surface area contributed by atoms with Crippen molar-refractivity contribution in [1.82, 2.24) is 19.9 Å². The average molecular weight is 463 g/mol. The summed E-state index contributed by atoms with van der Waals surface area (Å²) in [6, 6.07) is 10.7. The van der Waals surface area contributed by atoms with Gasteiger partial charge >= 0.3 is 0 Å². The van der Waals surface area contributed by atoms with Gasteiger partial charge in [0.15, 0.2) is 0 Å². The fourth-order valence-corrected chi connectivity index (χ4v) is 4.54. The summed E-state index contributed by atoms with van der Waals surface area (Å²) in [5, 5.41) is 14.4. The van der Waals surface area contributed by atoms with Gasteiger partial charge in [-0.3, -0.25) is 9.36 Å². The third kappa shape index (κ3) is 2.95. The monoisotopic (exact) mass is 462 g/mol. The third-order valence-corrected chi connectivity index (χ3v) is 6.16. The van der Waals surface area contributed by atoms with E-state index >= 15 is 0 Å². The molecule has 1 atom stereocenters. The summed E-state index contributed by atoms with van der Waals surface area (Å²) in [6.07, 6.45) is 3.00. The number of nitrogens with zero attached hydrogens (tertiary/aromatic N) is 3. The highest BCUT2D eigenvalue weighted by molar-refractivity contribution is 6.31. The Labute approximate surface area is 190 Å². The van der Waals surface area contributed by atoms with Crippen LogP contribution in [0.1, 0.15) is 27.5 Å². The summed E-state index contributed by atoms with van der Waals surface area (Å²) < 4.78 is 29.2. The Morgan fingerprint density at radius 3 is 2.70 bits per heavy atom. The third-order valence-electron chi connectivity index (χ3n) is 5.82. The second-order valence-electron chi connectivity index (χ2n) is 7.75. The molecule has 0 saturated heterocycles. The number of fused-ring (bicyclic) bond motifs is 4. The van der Waals surface area contributed by atoms with E-state index in [-0.39, 0.29) is 17.6 Å². The maximum absolute atomic E-state index is 14.0. The molecule has 2 N–H and O–H groups in total. The van der Waals surface area contributed by atoms with Crippen LogP contribution in [0.2, 0.25) is 5.02 Å². The maximum atomic E-state index is 14.0. The van der Waals surface area contributed by atoms with Gasteiger partial charge < -0.3 is 10.4 Å². The summed E-state index contributed by atoms with van der Waals surface area (Å²) >= 11 is 6.34. The highest BCUT2D eigenvalue weighted by atomic mass is 35.5. The van der Waals surface area contributed by atoms with Gasteiger partial charge in [-0.1, -0.05) is 17.7 Å². The minimum absolute atomic E-state index is 0.118. The fraction of sp³-hybridized carbons (Fsp3) is 0.0417. The number of rotatable bonds is 2. The lowest BCUT2D eigenvalue weighted by Gasteiger charge is -2.16. The summed E-state index contributed by atoms with van der Waals surface area (Å²) in [7, 11) is 0. The zero-order valence-corrected chi connectivity index (χ0v) is 17.4. The molecule has 0 unspecified atom stereocenters. The van der Waals surface area contributed by atoms with Gasteiger partial charge in [0, 0.05) is 38.7 Å². The molecule has 0 aliphatic carbocycles. The molecule has 2 aromatic heterocycles. The van der Waals surface area contributed by atoms with E-state index in [0.717, 1.165) is 0 Å². The van der Waals surface area contributed by atoms with Gasteiger partial charge in [0.05, 0.1) is 23.3 Å². The van der Waals surface area contributed by atoms with Gasteiger partial charge in [-0.2, -0.15) is 0 Å². The van der Waals surface area contributed by atoms with Crippen LogP contribution in [0.3, 0.4) is 0 Å². The van der Waals surface area contributed by atoms with Crippen LogP contribution in [-0.2, 0) is 0 Å². The number of benzene rings is 3. The predicted octanol–water partition coefficient (Wildman–Crippen LogP) is 5.04. The zero-order chi connectivity index (χ0) is 22.9. The first-order valence-corrected chi connectivity index (χ1v) is 10.3. The van der Waals surface area contributed by atoms with E-state index in [1.54, 1.807) is 18.3 Å². The number of amides is 1. The molecule has 5 aromatic rings. The van der Waals surface area contributed by atoms with Crippen LogP contribution in [0, 0.1) is 11.6 Å². The number of halogens is 3. The Morgan fingerprint density at radius 1 is 1.06 bits per heavy atom. The lowest BCUT2D eigenvalue weighted by atomic mass is 9.96. The standard InChI is InChI=1S/C24H13ClF2N4O2/c25-17-5-2-12(26)7-15(17)22-20-14(23(33)29-22)4-1-11-9-28-24(30-21(11)20)31-10-19(32)16-8-13(27)3-6-18(16)31/h1-10,22,32H,(H,29,33)/t22-/m1/s1.